The predicted molar refractivity (Wildman–Crippen MR) is 55.6 cm³/mol. The van der Waals surface area contributed by atoms with Crippen LogP contribution in [0.15, 0.2) is 30.6 Å². The summed E-state index contributed by atoms with van der Waals surface area (Å²) in [4.78, 5) is 0. The summed E-state index contributed by atoms with van der Waals surface area (Å²) in [5.74, 6) is 0.749. The Morgan fingerprint density at radius 2 is 2.29 bits per heavy atom. The zero-order valence-corrected chi connectivity index (χ0v) is 8.38. The second-order valence-corrected chi connectivity index (χ2v) is 3.21. The van der Waals surface area contributed by atoms with Crippen molar-refractivity contribution >= 4 is 11.6 Å². The van der Waals surface area contributed by atoms with Crippen LogP contribution in [0.4, 0.5) is 0 Å². The van der Waals surface area contributed by atoms with Crippen LogP contribution in [0.1, 0.15) is 0 Å². The summed E-state index contributed by atoms with van der Waals surface area (Å²) in [6, 6.07) is 5.55. The van der Waals surface area contributed by atoms with Gasteiger partial charge in [0, 0.05) is 17.3 Å². The highest BCUT2D eigenvalue weighted by atomic mass is 35.5. The highest BCUT2D eigenvalue weighted by Gasteiger charge is 2.10. The molecule has 0 saturated carbocycles. The number of nitrogens with one attached hydrogen (secondary N) is 1. The maximum Gasteiger partial charge on any atom is 0.128 e. The molecule has 0 unspecified atom stereocenters. The van der Waals surface area contributed by atoms with E-state index in [1.54, 1.807) is 19.5 Å². The fourth-order valence-corrected chi connectivity index (χ4v) is 1.62. The smallest absolute Gasteiger partial charge is 0.128 e. The van der Waals surface area contributed by atoms with Gasteiger partial charge in [0.15, 0.2) is 0 Å². The van der Waals surface area contributed by atoms with E-state index in [1.807, 2.05) is 18.2 Å². The van der Waals surface area contributed by atoms with E-state index in [-0.39, 0.29) is 0 Å². The third-order valence-corrected chi connectivity index (χ3v) is 2.30. The van der Waals surface area contributed by atoms with Gasteiger partial charge in [-0.25, -0.2) is 0 Å². The number of hydrogen-bond donors (Lipinski definition) is 1. The number of hydrogen-bond acceptors (Lipinski definition) is 2. The molecule has 72 valence electrons. The van der Waals surface area contributed by atoms with Crippen molar-refractivity contribution in [2.24, 2.45) is 0 Å². The quantitative estimate of drug-likeness (QED) is 0.824. The number of rotatable bonds is 2. The van der Waals surface area contributed by atoms with Gasteiger partial charge in [-0.2, -0.15) is 5.10 Å². The SMILES string of the molecule is COc1cccc(Cl)c1-c1cn[nH]c1. The third-order valence-electron chi connectivity index (χ3n) is 1.98. The molecule has 0 fully saturated rings. The van der Waals surface area contributed by atoms with Crippen molar-refractivity contribution in [1.82, 2.24) is 10.2 Å². The summed E-state index contributed by atoms with van der Waals surface area (Å²) in [6.45, 7) is 0. The first-order valence-electron chi connectivity index (χ1n) is 4.14. The fraction of sp³-hybridized carbons (Fsp3) is 0.100. The van der Waals surface area contributed by atoms with Crippen LogP contribution in [0.25, 0.3) is 11.1 Å². The Morgan fingerprint density at radius 3 is 2.93 bits per heavy atom. The first-order valence-corrected chi connectivity index (χ1v) is 4.52. The van der Waals surface area contributed by atoms with E-state index in [1.165, 1.54) is 0 Å². The van der Waals surface area contributed by atoms with E-state index < -0.39 is 0 Å². The Morgan fingerprint density at radius 1 is 1.43 bits per heavy atom. The Kier molecular flexibility index (Phi) is 2.41. The van der Waals surface area contributed by atoms with Crippen LogP contribution >= 0.6 is 11.6 Å². The first-order chi connectivity index (χ1) is 6.83. The average Bonchev–Trinajstić information content (AvgIpc) is 2.70. The molecule has 0 bridgehead atoms. The minimum atomic E-state index is 0.658. The van der Waals surface area contributed by atoms with Crippen molar-refractivity contribution in [3.8, 4) is 16.9 Å². The van der Waals surface area contributed by atoms with Gasteiger partial charge in [-0.1, -0.05) is 17.7 Å². The molecule has 0 saturated heterocycles. The Bertz CT molecular complexity index is 426. The highest BCUT2D eigenvalue weighted by Crippen LogP contribution is 2.35. The second kappa shape index (κ2) is 3.72. The summed E-state index contributed by atoms with van der Waals surface area (Å²) in [5.41, 5.74) is 1.79. The minimum absolute atomic E-state index is 0.658. The molecule has 0 aliphatic rings. The molecule has 0 aliphatic carbocycles. The molecule has 2 rings (SSSR count). The molecule has 0 radical (unpaired) electrons. The van der Waals surface area contributed by atoms with Gasteiger partial charge in [-0.15, -0.1) is 0 Å². The summed E-state index contributed by atoms with van der Waals surface area (Å²) in [6.07, 6.45) is 3.49. The zero-order chi connectivity index (χ0) is 9.97. The largest absolute Gasteiger partial charge is 0.496 e. The lowest BCUT2D eigenvalue weighted by atomic mass is 10.1. The lowest BCUT2D eigenvalue weighted by Gasteiger charge is -2.07. The molecule has 1 aromatic carbocycles. The lowest BCUT2D eigenvalue weighted by molar-refractivity contribution is 0.416. The Labute approximate surface area is 86.7 Å². The summed E-state index contributed by atoms with van der Waals surface area (Å²) >= 11 is 6.08. The molecule has 4 heteroatoms. The van der Waals surface area contributed by atoms with Gasteiger partial charge in [-0.05, 0) is 12.1 Å². The first kappa shape index (κ1) is 9.09. The molecule has 2 aromatic rings. The van der Waals surface area contributed by atoms with E-state index in [9.17, 15) is 0 Å². The summed E-state index contributed by atoms with van der Waals surface area (Å²) in [5, 5.41) is 7.28. The van der Waals surface area contributed by atoms with Gasteiger partial charge in [0.25, 0.3) is 0 Å². The number of benzene rings is 1. The van der Waals surface area contributed by atoms with Crippen LogP contribution in [-0.4, -0.2) is 17.3 Å². The van der Waals surface area contributed by atoms with Crippen LogP contribution in [0, 0.1) is 0 Å². The monoisotopic (exact) mass is 208 g/mol. The van der Waals surface area contributed by atoms with Crippen molar-refractivity contribution in [3.05, 3.63) is 35.6 Å². The number of methoxy groups -OCH3 is 1. The van der Waals surface area contributed by atoms with Gasteiger partial charge in [0.1, 0.15) is 5.75 Å². The molecule has 0 spiro atoms. The van der Waals surface area contributed by atoms with Crippen LogP contribution in [-0.2, 0) is 0 Å². The molecular weight excluding hydrogens is 200 g/mol. The maximum absolute atomic E-state index is 6.08. The van der Waals surface area contributed by atoms with Crippen molar-refractivity contribution in [3.63, 3.8) is 0 Å². The molecule has 1 N–H and O–H groups in total. The van der Waals surface area contributed by atoms with Crippen LogP contribution in [0.3, 0.4) is 0 Å². The van der Waals surface area contributed by atoms with Crippen LogP contribution in [0.2, 0.25) is 5.02 Å². The number of aromatic nitrogens is 2. The van der Waals surface area contributed by atoms with Gasteiger partial charge < -0.3 is 4.74 Å². The van der Waals surface area contributed by atoms with Crippen molar-refractivity contribution in [2.45, 2.75) is 0 Å². The predicted octanol–water partition coefficient (Wildman–Crippen LogP) is 2.74. The van der Waals surface area contributed by atoms with Crippen LogP contribution < -0.4 is 4.74 Å². The second-order valence-electron chi connectivity index (χ2n) is 2.80. The van der Waals surface area contributed by atoms with E-state index >= 15 is 0 Å². The number of ether oxygens (including phenoxy) is 1. The van der Waals surface area contributed by atoms with E-state index in [4.69, 9.17) is 16.3 Å². The summed E-state index contributed by atoms with van der Waals surface area (Å²) < 4.78 is 5.22. The molecule has 3 nitrogen and oxygen atoms in total. The highest BCUT2D eigenvalue weighted by molar-refractivity contribution is 6.33. The fourth-order valence-electron chi connectivity index (χ4n) is 1.34. The van der Waals surface area contributed by atoms with Crippen molar-refractivity contribution < 1.29 is 4.74 Å². The number of H-pyrrole nitrogens is 1. The van der Waals surface area contributed by atoms with E-state index in [0.29, 0.717) is 5.02 Å². The van der Waals surface area contributed by atoms with Crippen molar-refractivity contribution in [2.75, 3.05) is 7.11 Å². The van der Waals surface area contributed by atoms with Gasteiger partial charge >= 0.3 is 0 Å². The standard InChI is InChI=1S/C10H9ClN2O/c1-14-9-4-2-3-8(11)10(9)7-5-12-13-6-7/h2-6H,1H3,(H,12,13). The third kappa shape index (κ3) is 1.46. The number of halogens is 1. The topological polar surface area (TPSA) is 37.9 Å². The Balaban J connectivity index is 2.61. The van der Waals surface area contributed by atoms with Crippen molar-refractivity contribution in [1.29, 1.82) is 0 Å². The number of aromatic amines is 1. The van der Waals surface area contributed by atoms with E-state index in [2.05, 4.69) is 10.2 Å². The molecular formula is C10H9ClN2O. The minimum Gasteiger partial charge on any atom is -0.496 e. The summed E-state index contributed by atoms with van der Waals surface area (Å²) in [7, 11) is 1.62. The lowest BCUT2D eigenvalue weighted by Crippen LogP contribution is -1.87. The average molecular weight is 209 g/mol. The molecule has 1 aromatic heterocycles. The van der Waals surface area contributed by atoms with Crippen LogP contribution in [0.5, 0.6) is 5.75 Å². The van der Waals surface area contributed by atoms with Gasteiger partial charge in [0.2, 0.25) is 0 Å². The molecule has 14 heavy (non-hydrogen) atoms. The number of nitrogens with zero attached hydrogens (tertiary/aromatic N) is 1. The van der Waals surface area contributed by atoms with E-state index in [0.717, 1.165) is 16.9 Å². The molecule has 0 aliphatic heterocycles. The van der Waals surface area contributed by atoms with Gasteiger partial charge in [0.05, 0.1) is 18.3 Å². The zero-order valence-electron chi connectivity index (χ0n) is 7.62. The maximum atomic E-state index is 6.08. The normalized spacial score (nSPS) is 10.1. The molecule has 0 amide bonds. The Hall–Kier alpha value is -1.48. The molecule has 1 heterocycles. The molecule has 0 atom stereocenters. The van der Waals surface area contributed by atoms with Gasteiger partial charge in [-0.3, -0.25) is 5.10 Å².